The van der Waals surface area contributed by atoms with Gasteiger partial charge in [-0.05, 0) is 12.8 Å². The van der Waals surface area contributed by atoms with Crippen LogP contribution < -0.4 is 0 Å². The van der Waals surface area contributed by atoms with E-state index < -0.39 is 11.9 Å². The van der Waals surface area contributed by atoms with Crippen LogP contribution in [0.2, 0.25) is 0 Å². The van der Waals surface area contributed by atoms with E-state index in [2.05, 4.69) is 23.6 Å². The van der Waals surface area contributed by atoms with Gasteiger partial charge in [0.15, 0.2) is 0 Å². The summed E-state index contributed by atoms with van der Waals surface area (Å²) in [7, 11) is 0. The molecule has 0 aromatic rings. The van der Waals surface area contributed by atoms with Crippen molar-refractivity contribution in [3.8, 4) is 0 Å². The van der Waals surface area contributed by atoms with E-state index in [1.165, 1.54) is 103 Å². The van der Waals surface area contributed by atoms with Gasteiger partial charge in [-0.25, -0.2) is 19.4 Å². The van der Waals surface area contributed by atoms with Crippen LogP contribution in [0.5, 0.6) is 0 Å². The predicted octanol–water partition coefficient (Wildman–Crippen LogP) is 8.61. The highest BCUT2D eigenvalue weighted by molar-refractivity contribution is 5.72. The smallest absolute Gasteiger partial charge is 0.247 e. The minimum absolute atomic E-state index is 0.335. The number of rotatable bonds is 22. The number of hydrogen-bond acceptors (Lipinski definition) is 4. The van der Waals surface area contributed by atoms with Crippen LogP contribution in [0.1, 0.15) is 155 Å². The average Bonchev–Trinajstić information content (AvgIpc) is 2.75. The fraction of sp³-hybridized carbons (Fsp3) is 0.923. The van der Waals surface area contributed by atoms with E-state index in [9.17, 15) is 9.59 Å². The molecule has 0 spiro atoms. The lowest BCUT2D eigenvalue weighted by Crippen LogP contribution is -2.11. The maximum atomic E-state index is 11.6. The quantitative estimate of drug-likeness (QED) is 0.0987. The lowest BCUT2D eigenvalue weighted by atomic mass is 10.1. The van der Waals surface area contributed by atoms with Gasteiger partial charge in [0.2, 0.25) is 0 Å². The van der Waals surface area contributed by atoms with Crippen molar-refractivity contribution in [2.75, 3.05) is 0 Å². The Morgan fingerprint density at radius 2 is 0.633 bits per heavy atom. The molecular weight excluding hydrogens is 376 g/mol. The Labute approximate surface area is 186 Å². The van der Waals surface area contributed by atoms with Gasteiger partial charge in [0.05, 0.1) is 12.8 Å². The van der Waals surface area contributed by atoms with Crippen LogP contribution in [0.15, 0.2) is 0 Å². The van der Waals surface area contributed by atoms with Gasteiger partial charge >= 0.3 is 11.9 Å². The van der Waals surface area contributed by atoms with E-state index in [-0.39, 0.29) is 0 Å². The maximum absolute atomic E-state index is 11.6. The third-order valence-electron chi connectivity index (χ3n) is 5.70. The summed E-state index contributed by atoms with van der Waals surface area (Å²) < 4.78 is 0. The van der Waals surface area contributed by atoms with Crippen molar-refractivity contribution in [2.45, 2.75) is 155 Å². The average molecular weight is 427 g/mol. The highest BCUT2D eigenvalue weighted by Gasteiger charge is 2.09. The molecule has 0 aromatic heterocycles. The third kappa shape index (κ3) is 23.2. The molecule has 0 atom stereocenters. The number of carbonyl (C=O) groups excluding carboxylic acids is 2. The summed E-state index contributed by atoms with van der Waals surface area (Å²) in [5.41, 5.74) is 0. The van der Waals surface area contributed by atoms with Crippen LogP contribution in [0.4, 0.5) is 0 Å². The Bertz CT molecular complexity index is 345. The molecule has 0 bridgehead atoms. The van der Waals surface area contributed by atoms with Crippen molar-refractivity contribution < 1.29 is 19.4 Å². The van der Waals surface area contributed by atoms with E-state index in [1.807, 2.05) is 0 Å². The summed E-state index contributed by atoms with van der Waals surface area (Å²) >= 11 is 0. The fourth-order valence-electron chi connectivity index (χ4n) is 3.69. The Balaban J connectivity index is 3.31. The van der Waals surface area contributed by atoms with Gasteiger partial charge in [0, 0.05) is 0 Å². The molecule has 0 N–H and O–H groups in total. The Kier molecular flexibility index (Phi) is 23.4. The van der Waals surface area contributed by atoms with Gasteiger partial charge in [-0.15, -0.1) is 0 Å². The van der Waals surface area contributed by atoms with E-state index in [0.717, 1.165) is 25.7 Å². The standard InChI is InChI=1S/C26H50O4/c1-3-5-7-9-11-13-15-17-19-21-23-25(27)29-30-26(28)24-22-20-18-16-14-12-10-8-6-4-2/h3-24H2,1-2H3. The van der Waals surface area contributed by atoms with Crippen molar-refractivity contribution in [1.82, 2.24) is 0 Å². The summed E-state index contributed by atoms with van der Waals surface area (Å²) in [6, 6.07) is 0. The fourth-order valence-corrected chi connectivity index (χ4v) is 3.69. The Morgan fingerprint density at radius 3 is 0.900 bits per heavy atom. The second kappa shape index (κ2) is 24.2. The molecule has 0 radical (unpaired) electrons. The lowest BCUT2D eigenvalue weighted by molar-refractivity contribution is -0.259. The van der Waals surface area contributed by atoms with Gasteiger partial charge in [0.1, 0.15) is 0 Å². The molecule has 0 aliphatic carbocycles. The number of carbonyl (C=O) groups is 2. The lowest BCUT2D eigenvalue weighted by Gasteiger charge is -2.04. The Hall–Kier alpha value is -1.06. The number of unbranched alkanes of at least 4 members (excludes halogenated alkanes) is 18. The summed E-state index contributed by atoms with van der Waals surface area (Å²) in [6.45, 7) is 4.48. The van der Waals surface area contributed by atoms with Crippen molar-refractivity contribution in [1.29, 1.82) is 0 Å². The van der Waals surface area contributed by atoms with Gasteiger partial charge in [-0.1, -0.05) is 129 Å². The zero-order chi connectivity index (χ0) is 22.1. The molecule has 0 aromatic carbocycles. The first kappa shape index (κ1) is 28.9. The predicted molar refractivity (Wildman–Crippen MR) is 125 cm³/mol. The van der Waals surface area contributed by atoms with Gasteiger partial charge in [-0.3, -0.25) is 0 Å². The summed E-state index contributed by atoms with van der Waals surface area (Å²) in [5, 5.41) is 0. The molecule has 30 heavy (non-hydrogen) atoms. The first-order valence-electron chi connectivity index (χ1n) is 13.1. The van der Waals surface area contributed by atoms with Crippen molar-refractivity contribution >= 4 is 11.9 Å². The molecule has 4 nitrogen and oxygen atoms in total. The summed E-state index contributed by atoms with van der Waals surface area (Å²) in [5.74, 6) is -0.850. The monoisotopic (exact) mass is 426 g/mol. The van der Waals surface area contributed by atoms with E-state index >= 15 is 0 Å². The molecule has 0 aliphatic heterocycles. The minimum Gasteiger partial charge on any atom is -0.247 e. The highest BCUT2D eigenvalue weighted by Crippen LogP contribution is 2.13. The molecule has 0 fully saturated rings. The third-order valence-corrected chi connectivity index (χ3v) is 5.70. The molecule has 178 valence electrons. The van der Waals surface area contributed by atoms with Crippen LogP contribution >= 0.6 is 0 Å². The van der Waals surface area contributed by atoms with Crippen LogP contribution in [0, 0.1) is 0 Å². The van der Waals surface area contributed by atoms with Crippen molar-refractivity contribution in [3.63, 3.8) is 0 Å². The topological polar surface area (TPSA) is 52.6 Å². The van der Waals surface area contributed by atoms with Crippen LogP contribution in [0.25, 0.3) is 0 Å². The Morgan fingerprint density at radius 1 is 0.400 bits per heavy atom. The summed E-state index contributed by atoms with van der Waals surface area (Å²) in [4.78, 5) is 32.5. The second-order valence-electron chi connectivity index (χ2n) is 8.77. The summed E-state index contributed by atoms with van der Waals surface area (Å²) in [6.07, 6.45) is 25.2. The molecule has 0 unspecified atom stereocenters. The molecule has 0 aliphatic rings. The number of hydrogen-bond donors (Lipinski definition) is 0. The zero-order valence-electron chi connectivity index (χ0n) is 20.2. The largest absolute Gasteiger partial charge is 0.355 e. The van der Waals surface area contributed by atoms with Gasteiger partial charge in [-0.2, -0.15) is 0 Å². The van der Waals surface area contributed by atoms with Crippen molar-refractivity contribution in [2.24, 2.45) is 0 Å². The molecule has 0 amide bonds. The second-order valence-corrected chi connectivity index (χ2v) is 8.77. The molecule has 0 heterocycles. The first-order chi connectivity index (χ1) is 14.7. The molecule has 0 saturated carbocycles. The first-order valence-corrected chi connectivity index (χ1v) is 13.1. The zero-order valence-corrected chi connectivity index (χ0v) is 20.2. The molecule has 0 rings (SSSR count). The van der Waals surface area contributed by atoms with Crippen molar-refractivity contribution in [3.05, 3.63) is 0 Å². The molecular formula is C26H50O4. The van der Waals surface area contributed by atoms with Crippen LogP contribution in [-0.2, 0) is 19.4 Å². The van der Waals surface area contributed by atoms with Gasteiger partial charge in [0.25, 0.3) is 0 Å². The van der Waals surface area contributed by atoms with Crippen LogP contribution in [0.3, 0.4) is 0 Å². The minimum atomic E-state index is -0.425. The normalized spacial score (nSPS) is 10.9. The maximum Gasteiger partial charge on any atom is 0.355 e. The SMILES string of the molecule is CCCCCCCCCCCCC(=O)OOC(=O)CCCCCCCCCCCC. The molecule has 4 heteroatoms. The molecule has 0 saturated heterocycles. The van der Waals surface area contributed by atoms with E-state index in [4.69, 9.17) is 0 Å². The van der Waals surface area contributed by atoms with E-state index in [0.29, 0.717) is 12.8 Å². The highest BCUT2D eigenvalue weighted by atomic mass is 17.2. The van der Waals surface area contributed by atoms with Gasteiger partial charge < -0.3 is 0 Å². The van der Waals surface area contributed by atoms with E-state index in [1.54, 1.807) is 0 Å². The van der Waals surface area contributed by atoms with Crippen LogP contribution in [-0.4, -0.2) is 11.9 Å².